The fraction of sp³-hybridized carbons (Fsp3) is 0.167. The van der Waals surface area contributed by atoms with Crippen LogP contribution in [0.5, 0.6) is 0 Å². The van der Waals surface area contributed by atoms with Gasteiger partial charge in [0.1, 0.15) is 11.0 Å². The number of esters is 1. The van der Waals surface area contributed by atoms with Crippen LogP contribution in [0, 0.1) is 0 Å². The van der Waals surface area contributed by atoms with Gasteiger partial charge in [0.05, 0.1) is 12.3 Å². The van der Waals surface area contributed by atoms with Crippen molar-refractivity contribution in [3.63, 3.8) is 0 Å². The average Bonchev–Trinajstić information content (AvgIpc) is 3.00. The van der Waals surface area contributed by atoms with E-state index in [1.165, 1.54) is 0 Å². The Hall–Kier alpha value is -2.95. The number of rotatable bonds is 5. The number of para-hydroxylation sites is 1. The number of aromatic nitrogens is 3. The Morgan fingerprint density at radius 3 is 2.65 bits per heavy atom. The minimum atomic E-state index is -0.370. The van der Waals surface area contributed by atoms with Gasteiger partial charge in [-0.05, 0) is 30.7 Å². The Morgan fingerprint density at radius 2 is 1.91 bits per heavy atom. The zero-order chi connectivity index (χ0) is 16.2. The van der Waals surface area contributed by atoms with Crippen LogP contribution in [-0.2, 0) is 16.0 Å². The quantitative estimate of drug-likeness (QED) is 0.537. The van der Waals surface area contributed by atoms with Gasteiger partial charge in [-0.25, -0.2) is 4.79 Å². The molecule has 1 heterocycles. The van der Waals surface area contributed by atoms with E-state index in [1.54, 1.807) is 11.7 Å². The number of hydrogen-bond donors (Lipinski definition) is 0. The van der Waals surface area contributed by atoms with Crippen molar-refractivity contribution in [2.24, 2.45) is 0 Å². The van der Waals surface area contributed by atoms with Crippen LogP contribution < -0.4 is 0 Å². The number of hydrogen-bond acceptors (Lipinski definition) is 4. The number of carbonyl (C=O) groups excluding carboxylic acids is 1. The lowest BCUT2D eigenvalue weighted by molar-refractivity contribution is -0.138. The van der Waals surface area contributed by atoms with Gasteiger partial charge in [-0.3, -0.25) is 0 Å². The predicted molar refractivity (Wildman–Crippen MR) is 88.3 cm³/mol. The van der Waals surface area contributed by atoms with Crippen molar-refractivity contribution in [1.29, 1.82) is 0 Å². The minimum absolute atomic E-state index is 0.295. The van der Waals surface area contributed by atoms with Crippen LogP contribution in [-0.4, -0.2) is 27.6 Å². The molecular formula is C18H17N3O2. The lowest BCUT2D eigenvalue weighted by Crippen LogP contribution is -2.08. The fourth-order valence-corrected chi connectivity index (χ4v) is 2.25. The van der Waals surface area contributed by atoms with E-state index in [9.17, 15) is 4.79 Å². The maximum absolute atomic E-state index is 11.4. The van der Waals surface area contributed by atoms with Gasteiger partial charge in [0.25, 0.3) is 0 Å². The number of ether oxygens (including phenoxy) is 1. The highest BCUT2D eigenvalue weighted by atomic mass is 16.5. The predicted octanol–water partition coefficient (Wildman–Crippen LogP) is 3.08. The monoisotopic (exact) mass is 307 g/mol. The molecule has 0 amide bonds. The van der Waals surface area contributed by atoms with E-state index in [2.05, 4.69) is 16.8 Å². The smallest absolute Gasteiger partial charge is 0.333 e. The molecule has 5 heteroatoms. The first kappa shape index (κ1) is 15.0. The minimum Gasteiger partial charge on any atom is -0.462 e. The molecule has 0 unspecified atom stereocenters. The first-order chi connectivity index (χ1) is 11.1. The molecule has 0 bridgehead atoms. The molecule has 0 saturated heterocycles. The summed E-state index contributed by atoms with van der Waals surface area (Å²) < 4.78 is 5.15. The summed E-state index contributed by atoms with van der Waals surface area (Å²) in [5.41, 5.74) is 3.95. The normalized spacial score (nSPS) is 10.7. The summed E-state index contributed by atoms with van der Waals surface area (Å²) in [5.74, 6) is -0.370. The average molecular weight is 307 g/mol. The summed E-state index contributed by atoms with van der Waals surface area (Å²) in [6, 6.07) is 15.6. The van der Waals surface area contributed by atoms with Crippen molar-refractivity contribution in [2.45, 2.75) is 13.3 Å². The molecule has 5 nitrogen and oxygen atoms in total. The fourth-order valence-electron chi connectivity index (χ4n) is 2.25. The van der Waals surface area contributed by atoms with E-state index < -0.39 is 0 Å². The van der Waals surface area contributed by atoms with E-state index in [1.807, 2.05) is 48.5 Å². The van der Waals surface area contributed by atoms with Crippen molar-refractivity contribution >= 4 is 17.0 Å². The summed E-state index contributed by atoms with van der Waals surface area (Å²) in [6.07, 6.45) is 0.587. The van der Waals surface area contributed by atoms with Crippen LogP contribution in [0.15, 0.2) is 60.7 Å². The van der Waals surface area contributed by atoms with Crippen LogP contribution in [0.4, 0.5) is 0 Å². The van der Waals surface area contributed by atoms with Crippen LogP contribution in [0.2, 0.25) is 0 Å². The maximum atomic E-state index is 11.4. The van der Waals surface area contributed by atoms with Crippen molar-refractivity contribution in [2.75, 3.05) is 6.61 Å². The standard InChI is InChI=1S/C18H17N3O2/c1-13(2)18(22)23-12-11-14-7-6-10-16-17(14)20-21(19-16)15-8-4-3-5-9-15/h3-10H,1,11-12H2,2H3. The molecule has 0 aliphatic rings. The lowest BCUT2D eigenvalue weighted by atomic mass is 10.1. The van der Waals surface area contributed by atoms with E-state index in [-0.39, 0.29) is 5.97 Å². The van der Waals surface area contributed by atoms with E-state index in [4.69, 9.17) is 4.74 Å². The molecule has 0 atom stereocenters. The Balaban J connectivity index is 1.83. The maximum Gasteiger partial charge on any atom is 0.333 e. The third-order valence-corrected chi connectivity index (χ3v) is 3.44. The molecule has 3 aromatic rings. The third-order valence-electron chi connectivity index (χ3n) is 3.44. The number of carbonyl (C=O) groups is 1. The third kappa shape index (κ3) is 3.29. The van der Waals surface area contributed by atoms with Crippen molar-refractivity contribution in [3.8, 4) is 5.69 Å². The zero-order valence-corrected chi connectivity index (χ0v) is 12.9. The summed E-state index contributed by atoms with van der Waals surface area (Å²) in [4.78, 5) is 13.1. The highest BCUT2D eigenvalue weighted by Crippen LogP contribution is 2.17. The Labute approximate surface area is 134 Å². The number of nitrogens with zero attached hydrogens (tertiary/aromatic N) is 3. The molecular weight excluding hydrogens is 290 g/mol. The zero-order valence-electron chi connectivity index (χ0n) is 12.9. The molecule has 0 aliphatic carbocycles. The molecule has 0 N–H and O–H groups in total. The lowest BCUT2D eigenvalue weighted by Gasteiger charge is -2.04. The highest BCUT2D eigenvalue weighted by molar-refractivity contribution is 5.87. The summed E-state index contributed by atoms with van der Waals surface area (Å²) in [7, 11) is 0. The molecule has 3 rings (SSSR count). The van der Waals surface area contributed by atoms with Crippen LogP contribution >= 0.6 is 0 Å². The SMILES string of the molecule is C=C(C)C(=O)OCCc1cccc2nn(-c3ccccc3)nc12. The van der Waals surface area contributed by atoms with Crippen LogP contribution in [0.25, 0.3) is 16.7 Å². The van der Waals surface area contributed by atoms with E-state index in [0.717, 1.165) is 22.3 Å². The Morgan fingerprint density at radius 1 is 1.13 bits per heavy atom. The van der Waals surface area contributed by atoms with Crippen molar-refractivity contribution in [3.05, 3.63) is 66.2 Å². The second-order valence-electron chi connectivity index (χ2n) is 5.28. The summed E-state index contributed by atoms with van der Waals surface area (Å²) in [6.45, 7) is 5.50. The Kier molecular flexibility index (Phi) is 4.19. The second kappa shape index (κ2) is 6.44. The molecule has 0 saturated carbocycles. The molecule has 0 radical (unpaired) electrons. The molecule has 23 heavy (non-hydrogen) atoms. The van der Waals surface area contributed by atoms with Gasteiger partial charge in [-0.2, -0.15) is 4.80 Å². The number of fused-ring (bicyclic) bond motifs is 1. The molecule has 0 spiro atoms. The first-order valence-corrected chi connectivity index (χ1v) is 7.38. The van der Waals surface area contributed by atoms with Gasteiger partial charge in [-0.15, -0.1) is 10.2 Å². The van der Waals surface area contributed by atoms with E-state index >= 15 is 0 Å². The molecule has 0 aliphatic heterocycles. The van der Waals surface area contributed by atoms with Gasteiger partial charge in [0.2, 0.25) is 0 Å². The molecule has 1 aromatic heterocycles. The van der Waals surface area contributed by atoms with Gasteiger partial charge in [0, 0.05) is 12.0 Å². The van der Waals surface area contributed by atoms with E-state index in [0.29, 0.717) is 18.6 Å². The highest BCUT2D eigenvalue weighted by Gasteiger charge is 2.10. The molecule has 0 fully saturated rings. The summed E-state index contributed by atoms with van der Waals surface area (Å²) >= 11 is 0. The molecule has 116 valence electrons. The van der Waals surface area contributed by atoms with Crippen LogP contribution in [0.1, 0.15) is 12.5 Å². The van der Waals surface area contributed by atoms with Gasteiger partial charge < -0.3 is 4.74 Å². The summed E-state index contributed by atoms with van der Waals surface area (Å²) in [5, 5.41) is 9.06. The Bertz CT molecular complexity index is 853. The van der Waals surface area contributed by atoms with Gasteiger partial charge in [0.15, 0.2) is 0 Å². The topological polar surface area (TPSA) is 57.0 Å². The molecule has 2 aromatic carbocycles. The largest absolute Gasteiger partial charge is 0.462 e. The number of benzene rings is 2. The van der Waals surface area contributed by atoms with Crippen LogP contribution in [0.3, 0.4) is 0 Å². The van der Waals surface area contributed by atoms with Crippen molar-refractivity contribution < 1.29 is 9.53 Å². The van der Waals surface area contributed by atoms with Gasteiger partial charge in [-0.1, -0.05) is 36.9 Å². The second-order valence-corrected chi connectivity index (χ2v) is 5.28. The van der Waals surface area contributed by atoms with Gasteiger partial charge >= 0.3 is 5.97 Å². The first-order valence-electron chi connectivity index (χ1n) is 7.38. The van der Waals surface area contributed by atoms with Crippen molar-refractivity contribution in [1.82, 2.24) is 15.0 Å².